The second-order valence-electron chi connectivity index (χ2n) is 8.36. The Balaban J connectivity index is 1.73. The number of carbonyl (C=O) groups is 1. The van der Waals surface area contributed by atoms with Crippen molar-refractivity contribution in [3.8, 4) is 0 Å². The van der Waals surface area contributed by atoms with Crippen LogP contribution < -0.4 is 0 Å². The lowest BCUT2D eigenvalue weighted by atomic mass is 9.95. The fraction of sp³-hybridized carbons (Fsp3) is 0.409. The number of hydrogen-bond acceptors (Lipinski definition) is 4. The van der Waals surface area contributed by atoms with Crippen molar-refractivity contribution in [1.82, 2.24) is 14.9 Å². The first-order chi connectivity index (χ1) is 12.8. The molecular weight excluding hydrogens is 354 g/mol. The van der Waals surface area contributed by atoms with Gasteiger partial charge in [-0.2, -0.15) is 0 Å². The van der Waals surface area contributed by atoms with Crippen LogP contribution in [-0.2, 0) is 18.4 Å². The van der Waals surface area contributed by atoms with Gasteiger partial charge in [0.15, 0.2) is 0 Å². The molecule has 2 aromatic heterocycles. The predicted molar refractivity (Wildman–Crippen MR) is 110 cm³/mol. The summed E-state index contributed by atoms with van der Waals surface area (Å²) >= 11 is 1.51. The van der Waals surface area contributed by atoms with Gasteiger partial charge in [-0.1, -0.05) is 45.0 Å². The normalized spacial score (nSPS) is 14.5. The first-order valence-electron chi connectivity index (χ1n) is 9.40. The molecule has 0 unspecified atom stereocenters. The van der Waals surface area contributed by atoms with Crippen LogP contribution in [0.1, 0.15) is 58.7 Å². The molecule has 5 heteroatoms. The van der Waals surface area contributed by atoms with E-state index >= 15 is 0 Å². The number of aryl methyl sites for hydroxylation is 2. The molecule has 1 amide bonds. The molecule has 0 atom stereocenters. The summed E-state index contributed by atoms with van der Waals surface area (Å²) in [6, 6.07) is 8.40. The zero-order valence-electron chi connectivity index (χ0n) is 16.6. The average Bonchev–Trinajstić information content (AvgIpc) is 2.97. The summed E-state index contributed by atoms with van der Waals surface area (Å²) < 4.78 is 0. The van der Waals surface area contributed by atoms with Gasteiger partial charge in [-0.15, -0.1) is 11.3 Å². The molecule has 0 radical (unpaired) electrons. The van der Waals surface area contributed by atoms with Gasteiger partial charge in [-0.05, 0) is 37.0 Å². The number of benzene rings is 1. The van der Waals surface area contributed by atoms with E-state index in [2.05, 4.69) is 39.0 Å². The number of aromatic nitrogens is 2. The lowest BCUT2D eigenvalue weighted by Gasteiger charge is -2.28. The Hall–Kier alpha value is -2.27. The van der Waals surface area contributed by atoms with Crippen molar-refractivity contribution in [3.05, 3.63) is 57.4 Å². The second kappa shape index (κ2) is 6.41. The van der Waals surface area contributed by atoms with Crippen molar-refractivity contribution in [2.45, 2.75) is 53.0 Å². The molecule has 27 heavy (non-hydrogen) atoms. The Labute approximate surface area is 164 Å². The van der Waals surface area contributed by atoms with E-state index in [4.69, 9.17) is 9.97 Å². The van der Waals surface area contributed by atoms with Gasteiger partial charge in [0.05, 0.1) is 10.6 Å². The number of thiophene rings is 1. The molecular formula is C22H25N3OS. The minimum atomic E-state index is -0.113. The molecule has 0 fully saturated rings. The first-order valence-corrected chi connectivity index (χ1v) is 10.2. The molecule has 0 bridgehead atoms. The van der Waals surface area contributed by atoms with Crippen LogP contribution in [0.25, 0.3) is 10.2 Å². The summed E-state index contributed by atoms with van der Waals surface area (Å²) in [5.74, 6) is 0.946. The van der Waals surface area contributed by atoms with E-state index in [0.29, 0.717) is 6.54 Å². The maximum absolute atomic E-state index is 13.3. The van der Waals surface area contributed by atoms with Crippen molar-refractivity contribution < 1.29 is 4.79 Å². The number of carbonyl (C=O) groups excluding carboxylic acids is 1. The zero-order valence-corrected chi connectivity index (χ0v) is 17.4. The third-order valence-corrected chi connectivity index (χ3v) is 6.43. The van der Waals surface area contributed by atoms with Crippen molar-refractivity contribution in [2.75, 3.05) is 6.54 Å². The molecule has 0 N–H and O–H groups in total. The van der Waals surface area contributed by atoms with Gasteiger partial charge >= 0.3 is 0 Å². The second-order valence-corrected chi connectivity index (χ2v) is 9.36. The van der Waals surface area contributed by atoms with Crippen LogP contribution in [0.3, 0.4) is 0 Å². The maximum atomic E-state index is 13.3. The van der Waals surface area contributed by atoms with Gasteiger partial charge in [0, 0.05) is 23.9 Å². The maximum Gasteiger partial charge on any atom is 0.264 e. The SMILES string of the molecule is Cc1nc(C(C)(C)C)nc2sc(C(=O)N3CCc4ccccc4C3)c(C)c12. The van der Waals surface area contributed by atoms with Crippen molar-refractivity contribution >= 4 is 27.5 Å². The standard InChI is InChI=1S/C22H25N3OS/c1-13-17-14(2)23-21(22(3,4)5)24-19(17)27-18(13)20(26)25-11-10-15-8-6-7-9-16(15)12-25/h6-9H,10-12H2,1-5H3. The fourth-order valence-electron chi connectivity index (χ4n) is 3.69. The monoisotopic (exact) mass is 379 g/mol. The van der Waals surface area contributed by atoms with Crippen LogP contribution in [-0.4, -0.2) is 27.3 Å². The number of fused-ring (bicyclic) bond motifs is 2. The smallest absolute Gasteiger partial charge is 0.264 e. The quantitative estimate of drug-likeness (QED) is 0.610. The molecule has 1 aromatic carbocycles. The van der Waals surface area contributed by atoms with Crippen LogP contribution in [0.5, 0.6) is 0 Å². The lowest BCUT2D eigenvalue weighted by Crippen LogP contribution is -2.35. The van der Waals surface area contributed by atoms with E-state index in [1.54, 1.807) is 0 Å². The topological polar surface area (TPSA) is 46.1 Å². The van der Waals surface area contributed by atoms with Gasteiger partial charge in [0.2, 0.25) is 0 Å². The summed E-state index contributed by atoms with van der Waals surface area (Å²) in [7, 11) is 0. The molecule has 0 saturated carbocycles. The zero-order chi connectivity index (χ0) is 19.3. The molecule has 4 rings (SSSR count). The minimum Gasteiger partial charge on any atom is -0.333 e. The molecule has 3 heterocycles. The molecule has 0 saturated heterocycles. The van der Waals surface area contributed by atoms with Gasteiger partial charge in [0.1, 0.15) is 10.7 Å². The van der Waals surface area contributed by atoms with Gasteiger partial charge in [-0.25, -0.2) is 9.97 Å². The van der Waals surface area contributed by atoms with Gasteiger partial charge in [-0.3, -0.25) is 4.79 Å². The Morgan fingerprint density at radius 3 is 2.52 bits per heavy atom. The first kappa shape index (κ1) is 18.1. The third-order valence-electron chi connectivity index (χ3n) is 5.25. The number of hydrogen-bond donors (Lipinski definition) is 0. The van der Waals surface area contributed by atoms with E-state index in [1.807, 2.05) is 24.8 Å². The van der Waals surface area contributed by atoms with Crippen LogP contribution in [0.2, 0.25) is 0 Å². The van der Waals surface area contributed by atoms with Crippen molar-refractivity contribution in [1.29, 1.82) is 0 Å². The van der Waals surface area contributed by atoms with Crippen LogP contribution in [0.4, 0.5) is 0 Å². The van der Waals surface area contributed by atoms with Crippen LogP contribution >= 0.6 is 11.3 Å². The summed E-state index contributed by atoms with van der Waals surface area (Å²) in [5, 5.41) is 1.04. The Kier molecular flexibility index (Phi) is 4.30. The van der Waals surface area contributed by atoms with E-state index < -0.39 is 0 Å². The molecule has 0 spiro atoms. The largest absolute Gasteiger partial charge is 0.333 e. The highest BCUT2D eigenvalue weighted by atomic mass is 32.1. The Bertz CT molecular complexity index is 1050. The third kappa shape index (κ3) is 3.14. The van der Waals surface area contributed by atoms with E-state index in [-0.39, 0.29) is 11.3 Å². The molecule has 1 aliphatic rings. The van der Waals surface area contributed by atoms with Crippen LogP contribution in [0.15, 0.2) is 24.3 Å². The number of amides is 1. The molecule has 3 aromatic rings. The van der Waals surface area contributed by atoms with Crippen molar-refractivity contribution in [2.24, 2.45) is 0 Å². The molecule has 1 aliphatic heterocycles. The van der Waals surface area contributed by atoms with E-state index in [9.17, 15) is 4.79 Å². The highest BCUT2D eigenvalue weighted by Gasteiger charge is 2.27. The highest BCUT2D eigenvalue weighted by Crippen LogP contribution is 2.34. The number of nitrogens with zero attached hydrogens (tertiary/aromatic N) is 3. The average molecular weight is 380 g/mol. The molecule has 0 aliphatic carbocycles. The summed E-state index contributed by atoms with van der Waals surface area (Å²) in [6.45, 7) is 11.8. The van der Waals surface area contributed by atoms with E-state index in [0.717, 1.165) is 45.1 Å². The van der Waals surface area contributed by atoms with E-state index in [1.165, 1.54) is 22.5 Å². The fourth-order valence-corrected chi connectivity index (χ4v) is 4.89. The lowest BCUT2D eigenvalue weighted by molar-refractivity contribution is 0.0739. The predicted octanol–water partition coefficient (Wildman–Crippen LogP) is 4.80. The van der Waals surface area contributed by atoms with Gasteiger partial charge in [0.25, 0.3) is 5.91 Å². The Morgan fingerprint density at radius 2 is 1.81 bits per heavy atom. The van der Waals surface area contributed by atoms with Gasteiger partial charge < -0.3 is 4.90 Å². The van der Waals surface area contributed by atoms with Crippen LogP contribution in [0, 0.1) is 13.8 Å². The Morgan fingerprint density at radius 1 is 1.11 bits per heavy atom. The molecule has 4 nitrogen and oxygen atoms in total. The highest BCUT2D eigenvalue weighted by molar-refractivity contribution is 7.20. The van der Waals surface area contributed by atoms with Crippen molar-refractivity contribution in [3.63, 3.8) is 0 Å². The summed E-state index contributed by atoms with van der Waals surface area (Å²) in [6.07, 6.45) is 0.916. The number of rotatable bonds is 1. The summed E-state index contributed by atoms with van der Waals surface area (Å²) in [4.78, 5) is 26.5. The minimum absolute atomic E-state index is 0.113. The molecule has 140 valence electrons. The summed E-state index contributed by atoms with van der Waals surface area (Å²) in [5.41, 5.74) is 4.46.